The van der Waals surface area contributed by atoms with E-state index >= 15 is 0 Å². The number of anilines is 3. The smallest absolute Gasteiger partial charge is 0.0546 e. The van der Waals surface area contributed by atoms with Crippen LogP contribution in [0.1, 0.15) is 25.0 Å². The SMILES string of the molecule is CC1(C)c2cc(N(c3ccccc3)c3cc4ccccc4cc3-c3ccccc3-c3ccccc3)ccc2-c2c(-c3ccccc3)cccc21. The van der Waals surface area contributed by atoms with E-state index in [1.807, 2.05) is 0 Å². The van der Waals surface area contributed by atoms with Gasteiger partial charge in [-0.25, -0.2) is 0 Å². The largest absolute Gasteiger partial charge is 0.310 e. The highest BCUT2D eigenvalue weighted by molar-refractivity contribution is 6.02. The van der Waals surface area contributed by atoms with Gasteiger partial charge in [-0.3, -0.25) is 0 Å². The van der Waals surface area contributed by atoms with Gasteiger partial charge in [-0.2, -0.15) is 0 Å². The van der Waals surface area contributed by atoms with Crippen molar-refractivity contribution < 1.29 is 0 Å². The summed E-state index contributed by atoms with van der Waals surface area (Å²) >= 11 is 0. The predicted octanol–water partition coefficient (Wildman–Crippen LogP) is 13.6. The second-order valence-corrected chi connectivity index (χ2v) is 13.7. The molecule has 238 valence electrons. The molecule has 8 aromatic rings. The van der Waals surface area contributed by atoms with Crippen LogP contribution in [0.4, 0.5) is 17.1 Å². The van der Waals surface area contributed by atoms with Crippen molar-refractivity contribution >= 4 is 27.8 Å². The van der Waals surface area contributed by atoms with Crippen molar-refractivity contribution in [3.63, 3.8) is 0 Å². The van der Waals surface area contributed by atoms with Gasteiger partial charge in [0, 0.05) is 22.4 Å². The molecule has 0 saturated carbocycles. The van der Waals surface area contributed by atoms with E-state index in [1.54, 1.807) is 0 Å². The first-order chi connectivity index (χ1) is 24.6. The molecule has 0 amide bonds. The third-order valence-electron chi connectivity index (χ3n) is 10.4. The quantitative estimate of drug-likeness (QED) is 0.175. The molecule has 0 aliphatic heterocycles. The maximum Gasteiger partial charge on any atom is 0.0546 e. The Morgan fingerprint density at radius 1 is 0.360 bits per heavy atom. The van der Waals surface area contributed by atoms with Crippen molar-refractivity contribution in [1.29, 1.82) is 0 Å². The first kappa shape index (κ1) is 29.9. The standard InChI is InChI=1S/C49H37N/c1-49(2)45-28-16-27-41(35-19-8-4-9-20-35)48(45)43-30-29-39(33-46(43)49)50(38-23-10-5-11-24-38)47-32-37-22-13-12-21-36(37)31-44(47)42-26-15-14-25-40(42)34-17-6-3-7-18-34/h3-33H,1-2H3. The summed E-state index contributed by atoms with van der Waals surface area (Å²) < 4.78 is 0. The van der Waals surface area contributed by atoms with Crippen LogP contribution in [0.2, 0.25) is 0 Å². The Morgan fingerprint density at radius 2 is 0.920 bits per heavy atom. The van der Waals surface area contributed by atoms with E-state index in [9.17, 15) is 0 Å². The van der Waals surface area contributed by atoms with Gasteiger partial charge in [-0.05, 0) is 97.2 Å². The second-order valence-electron chi connectivity index (χ2n) is 13.7. The van der Waals surface area contributed by atoms with Crippen molar-refractivity contribution in [2.75, 3.05) is 4.90 Å². The van der Waals surface area contributed by atoms with E-state index in [4.69, 9.17) is 0 Å². The van der Waals surface area contributed by atoms with E-state index in [-0.39, 0.29) is 5.41 Å². The molecule has 1 aliphatic rings. The van der Waals surface area contributed by atoms with Crippen LogP contribution >= 0.6 is 0 Å². The van der Waals surface area contributed by atoms with Crippen molar-refractivity contribution in [1.82, 2.24) is 0 Å². The van der Waals surface area contributed by atoms with E-state index < -0.39 is 0 Å². The Labute approximate surface area is 294 Å². The molecule has 0 N–H and O–H groups in total. The topological polar surface area (TPSA) is 3.24 Å². The van der Waals surface area contributed by atoms with Crippen LogP contribution in [-0.4, -0.2) is 0 Å². The molecule has 50 heavy (non-hydrogen) atoms. The molecule has 1 aliphatic carbocycles. The van der Waals surface area contributed by atoms with Crippen LogP contribution in [0.3, 0.4) is 0 Å². The Kier molecular flexibility index (Phi) is 7.21. The highest BCUT2D eigenvalue weighted by Crippen LogP contribution is 2.54. The fourth-order valence-electron chi connectivity index (χ4n) is 7.99. The van der Waals surface area contributed by atoms with Crippen LogP contribution in [0.25, 0.3) is 55.3 Å². The molecule has 0 bridgehead atoms. The monoisotopic (exact) mass is 639 g/mol. The molecular weight excluding hydrogens is 603 g/mol. The Balaban J connectivity index is 1.29. The van der Waals surface area contributed by atoms with Crippen molar-refractivity contribution in [3.05, 3.63) is 199 Å². The van der Waals surface area contributed by atoms with Gasteiger partial charge in [-0.1, -0.05) is 166 Å². The summed E-state index contributed by atoms with van der Waals surface area (Å²) in [5.74, 6) is 0. The molecule has 0 spiro atoms. The molecule has 0 unspecified atom stereocenters. The minimum Gasteiger partial charge on any atom is -0.310 e. The van der Waals surface area contributed by atoms with Gasteiger partial charge in [0.05, 0.1) is 5.69 Å². The summed E-state index contributed by atoms with van der Waals surface area (Å²) in [5, 5.41) is 2.44. The number of hydrogen-bond donors (Lipinski definition) is 0. The minimum absolute atomic E-state index is 0.167. The molecule has 1 heteroatoms. The number of benzene rings is 8. The van der Waals surface area contributed by atoms with Crippen LogP contribution in [0.15, 0.2) is 188 Å². The minimum atomic E-state index is -0.167. The molecular formula is C49H37N. The summed E-state index contributed by atoms with van der Waals surface area (Å²) in [6, 6.07) is 68.6. The third-order valence-corrected chi connectivity index (χ3v) is 10.4. The van der Waals surface area contributed by atoms with Gasteiger partial charge in [-0.15, -0.1) is 0 Å². The van der Waals surface area contributed by atoms with Crippen molar-refractivity contribution in [3.8, 4) is 44.5 Å². The lowest BCUT2D eigenvalue weighted by Crippen LogP contribution is -2.17. The zero-order valence-corrected chi connectivity index (χ0v) is 28.3. The summed E-state index contributed by atoms with van der Waals surface area (Å²) in [7, 11) is 0. The van der Waals surface area contributed by atoms with E-state index in [2.05, 4.69) is 207 Å². The average molecular weight is 640 g/mol. The lowest BCUT2D eigenvalue weighted by molar-refractivity contribution is 0.660. The van der Waals surface area contributed by atoms with Crippen molar-refractivity contribution in [2.45, 2.75) is 19.3 Å². The summed E-state index contributed by atoms with van der Waals surface area (Å²) in [6.07, 6.45) is 0. The molecule has 0 atom stereocenters. The normalized spacial score (nSPS) is 12.8. The molecule has 0 fully saturated rings. The Hall–Kier alpha value is -6.18. The molecule has 0 heterocycles. The lowest BCUT2D eigenvalue weighted by atomic mass is 9.81. The zero-order chi connectivity index (χ0) is 33.7. The van der Waals surface area contributed by atoms with E-state index in [0.717, 1.165) is 17.1 Å². The van der Waals surface area contributed by atoms with Crippen LogP contribution in [0.5, 0.6) is 0 Å². The molecule has 0 aromatic heterocycles. The van der Waals surface area contributed by atoms with E-state index in [1.165, 1.54) is 66.4 Å². The molecule has 0 radical (unpaired) electrons. The number of rotatable bonds is 6. The summed E-state index contributed by atoms with van der Waals surface area (Å²) in [4.78, 5) is 2.46. The van der Waals surface area contributed by atoms with E-state index in [0.29, 0.717) is 0 Å². The fraction of sp³-hybridized carbons (Fsp3) is 0.0612. The van der Waals surface area contributed by atoms with Gasteiger partial charge in [0.15, 0.2) is 0 Å². The molecule has 1 nitrogen and oxygen atoms in total. The summed E-state index contributed by atoms with van der Waals surface area (Å²) in [5.41, 5.74) is 16.0. The van der Waals surface area contributed by atoms with Crippen LogP contribution in [0, 0.1) is 0 Å². The average Bonchev–Trinajstić information content (AvgIpc) is 3.41. The van der Waals surface area contributed by atoms with Crippen LogP contribution in [-0.2, 0) is 5.41 Å². The highest BCUT2D eigenvalue weighted by atomic mass is 15.1. The highest BCUT2D eigenvalue weighted by Gasteiger charge is 2.37. The molecule has 8 aromatic carbocycles. The van der Waals surface area contributed by atoms with Gasteiger partial charge in [0.1, 0.15) is 0 Å². The van der Waals surface area contributed by atoms with Gasteiger partial charge in [0.25, 0.3) is 0 Å². The lowest BCUT2D eigenvalue weighted by Gasteiger charge is -2.30. The molecule has 9 rings (SSSR count). The maximum atomic E-state index is 2.46. The third kappa shape index (κ3) is 4.94. The first-order valence-electron chi connectivity index (χ1n) is 17.4. The predicted molar refractivity (Wildman–Crippen MR) is 213 cm³/mol. The number of hydrogen-bond acceptors (Lipinski definition) is 1. The fourth-order valence-corrected chi connectivity index (χ4v) is 7.99. The number of para-hydroxylation sites is 1. The van der Waals surface area contributed by atoms with Crippen molar-refractivity contribution in [2.24, 2.45) is 0 Å². The first-order valence-corrected chi connectivity index (χ1v) is 17.4. The Bertz CT molecular complexity index is 2490. The summed E-state index contributed by atoms with van der Waals surface area (Å²) in [6.45, 7) is 4.75. The number of nitrogens with zero attached hydrogens (tertiary/aromatic N) is 1. The molecule has 0 saturated heterocycles. The number of fused-ring (bicyclic) bond motifs is 4. The van der Waals surface area contributed by atoms with Gasteiger partial charge < -0.3 is 4.90 Å². The van der Waals surface area contributed by atoms with Crippen LogP contribution < -0.4 is 4.90 Å². The maximum absolute atomic E-state index is 2.46. The zero-order valence-electron chi connectivity index (χ0n) is 28.3. The second kappa shape index (κ2) is 12.1. The Morgan fingerprint density at radius 3 is 1.62 bits per heavy atom. The van der Waals surface area contributed by atoms with Gasteiger partial charge in [0.2, 0.25) is 0 Å². The van der Waals surface area contributed by atoms with Gasteiger partial charge >= 0.3 is 0 Å².